The molecule has 5 aromatic rings. The third-order valence-corrected chi connectivity index (χ3v) is 8.93. The van der Waals surface area contributed by atoms with Crippen LogP contribution < -0.4 is 26.2 Å². The summed E-state index contributed by atoms with van der Waals surface area (Å²) in [6.07, 6.45) is 6.43. The van der Waals surface area contributed by atoms with E-state index in [1.54, 1.807) is 0 Å². The minimum Gasteiger partial charge on any atom is -0.311 e. The maximum atomic E-state index is 8.94. The number of para-hydroxylation sites is 4. The van der Waals surface area contributed by atoms with E-state index in [-0.39, 0.29) is 6.71 Å². The summed E-state index contributed by atoms with van der Waals surface area (Å²) in [6.45, 7) is 0.131. The molecule has 1 saturated carbocycles. The summed E-state index contributed by atoms with van der Waals surface area (Å²) in [5.41, 5.74) is 12.4. The number of rotatable bonds is 3. The highest BCUT2D eigenvalue weighted by Crippen LogP contribution is 2.46. The molecule has 2 nitrogen and oxygen atoms in total. The molecule has 3 aliphatic rings. The zero-order chi connectivity index (χ0) is 26.6. The fourth-order valence-corrected chi connectivity index (χ4v) is 7.23. The van der Waals surface area contributed by atoms with Crippen LogP contribution in [0.25, 0.3) is 0 Å². The van der Waals surface area contributed by atoms with Crippen LogP contribution in [0.15, 0.2) is 121 Å². The molecule has 0 radical (unpaired) electrons. The van der Waals surface area contributed by atoms with Gasteiger partial charge in [-0.25, -0.2) is 0 Å². The predicted octanol–water partition coefficient (Wildman–Crippen LogP) is 7.82. The molecular formula is C36H31BN2. The molecule has 2 aliphatic heterocycles. The lowest BCUT2D eigenvalue weighted by Crippen LogP contribution is -2.61. The van der Waals surface area contributed by atoms with Crippen LogP contribution in [0.2, 0.25) is 0 Å². The lowest BCUT2D eigenvalue weighted by Gasteiger charge is -2.44. The van der Waals surface area contributed by atoms with Crippen LogP contribution >= 0.6 is 0 Å². The highest BCUT2D eigenvalue weighted by atomic mass is 15.2. The van der Waals surface area contributed by atoms with Gasteiger partial charge in [0.2, 0.25) is 0 Å². The SMILES string of the molecule is [2H]c1ccccc1N1c2ccccc2B2c3ccccc3N(c3ccccc3)c3cc(C4CCCCC4)cc1c32. The Morgan fingerprint density at radius 2 is 1.10 bits per heavy atom. The van der Waals surface area contributed by atoms with E-state index in [9.17, 15) is 0 Å². The summed E-state index contributed by atoms with van der Waals surface area (Å²) in [7, 11) is 0. The Morgan fingerprint density at radius 1 is 0.564 bits per heavy atom. The van der Waals surface area contributed by atoms with E-state index in [0.717, 1.165) is 5.69 Å². The topological polar surface area (TPSA) is 6.48 Å². The van der Waals surface area contributed by atoms with Crippen molar-refractivity contribution in [2.45, 2.75) is 38.0 Å². The molecule has 0 atom stereocenters. The highest BCUT2D eigenvalue weighted by Gasteiger charge is 2.43. The van der Waals surface area contributed by atoms with Crippen LogP contribution in [-0.2, 0) is 0 Å². The van der Waals surface area contributed by atoms with Gasteiger partial charge in [0, 0.05) is 34.1 Å². The lowest BCUT2D eigenvalue weighted by atomic mass is 9.33. The smallest absolute Gasteiger partial charge is 0.252 e. The maximum absolute atomic E-state index is 8.94. The van der Waals surface area contributed by atoms with Gasteiger partial charge in [-0.2, -0.15) is 0 Å². The molecule has 0 N–H and O–H groups in total. The minimum absolute atomic E-state index is 0.131. The van der Waals surface area contributed by atoms with Gasteiger partial charge in [-0.15, -0.1) is 0 Å². The van der Waals surface area contributed by atoms with Crippen LogP contribution in [0.4, 0.5) is 34.1 Å². The van der Waals surface area contributed by atoms with Crippen molar-refractivity contribution in [3.05, 3.63) is 127 Å². The van der Waals surface area contributed by atoms with Crippen molar-refractivity contribution in [3.63, 3.8) is 0 Å². The second-order valence-corrected chi connectivity index (χ2v) is 11.1. The minimum atomic E-state index is 0.131. The van der Waals surface area contributed by atoms with Crippen molar-refractivity contribution in [3.8, 4) is 0 Å². The molecule has 0 aromatic heterocycles. The third kappa shape index (κ3) is 3.56. The molecule has 8 rings (SSSR count). The molecule has 0 spiro atoms. The van der Waals surface area contributed by atoms with E-state index < -0.39 is 0 Å². The number of nitrogens with zero attached hydrogens (tertiary/aromatic N) is 2. The second kappa shape index (κ2) is 9.20. The first-order chi connectivity index (χ1) is 19.8. The van der Waals surface area contributed by atoms with Crippen molar-refractivity contribution in [1.29, 1.82) is 0 Å². The molecular weight excluding hydrogens is 471 g/mol. The first-order valence-corrected chi connectivity index (χ1v) is 14.4. The highest BCUT2D eigenvalue weighted by molar-refractivity contribution is 7.00. The van der Waals surface area contributed by atoms with Crippen molar-refractivity contribution >= 4 is 57.2 Å². The Balaban J connectivity index is 1.48. The molecule has 0 saturated heterocycles. The van der Waals surface area contributed by atoms with Crippen LogP contribution in [-0.4, -0.2) is 6.71 Å². The Kier molecular flexibility index (Phi) is 5.11. The molecule has 2 heterocycles. The van der Waals surface area contributed by atoms with Crippen LogP contribution in [0.5, 0.6) is 0 Å². The monoisotopic (exact) mass is 503 g/mol. The summed E-state index contributed by atoms with van der Waals surface area (Å²) in [5.74, 6) is 0.564. The van der Waals surface area contributed by atoms with Crippen LogP contribution in [0.3, 0.4) is 0 Å². The third-order valence-electron chi connectivity index (χ3n) is 8.93. The van der Waals surface area contributed by atoms with E-state index >= 15 is 0 Å². The molecule has 0 amide bonds. The normalized spacial score (nSPS) is 16.3. The standard InChI is InChI=1S/C36H31BN2/c1-4-14-26(15-5-1)27-24-34-36-35(25-27)39(29-18-8-3-9-19-29)33-23-13-11-21-31(33)37(36)30-20-10-12-22-32(30)38(34)28-16-6-2-7-17-28/h2-3,6-13,16-26H,1,4-5,14-15H2/i16D. The van der Waals surface area contributed by atoms with Gasteiger partial charge in [0.05, 0.1) is 1.37 Å². The second-order valence-electron chi connectivity index (χ2n) is 11.1. The molecule has 3 heteroatoms. The summed E-state index contributed by atoms with van der Waals surface area (Å²) in [5, 5.41) is 0. The van der Waals surface area contributed by atoms with Gasteiger partial charge >= 0.3 is 0 Å². The molecule has 188 valence electrons. The zero-order valence-electron chi connectivity index (χ0n) is 23.1. The quantitative estimate of drug-likeness (QED) is 0.227. The first-order valence-electron chi connectivity index (χ1n) is 14.9. The summed E-state index contributed by atoms with van der Waals surface area (Å²) in [4.78, 5) is 4.85. The fourth-order valence-electron chi connectivity index (χ4n) is 7.23. The number of fused-ring (bicyclic) bond motifs is 4. The van der Waals surface area contributed by atoms with Gasteiger partial charge in [-0.3, -0.25) is 0 Å². The largest absolute Gasteiger partial charge is 0.311 e. The molecule has 1 fully saturated rings. The lowest BCUT2D eigenvalue weighted by molar-refractivity contribution is 0.444. The Labute approximate surface area is 233 Å². The molecule has 39 heavy (non-hydrogen) atoms. The number of anilines is 6. The van der Waals surface area contributed by atoms with Gasteiger partial charge < -0.3 is 9.80 Å². The van der Waals surface area contributed by atoms with Crippen LogP contribution in [0, 0.1) is 0 Å². The van der Waals surface area contributed by atoms with E-state index in [0.29, 0.717) is 12.0 Å². The van der Waals surface area contributed by atoms with E-state index in [1.807, 2.05) is 12.1 Å². The van der Waals surface area contributed by atoms with E-state index in [1.165, 1.54) is 82.5 Å². The zero-order valence-corrected chi connectivity index (χ0v) is 22.1. The molecule has 0 unspecified atom stereocenters. The number of hydrogen-bond acceptors (Lipinski definition) is 2. The van der Waals surface area contributed by atoms with Crippen molar-refractivity contribution < 1.29 is 1.37 Å². The first kappa shape index (κ1) is 21.7. The van der Waals surface area contributed by atoms with Gasteiger partial charge in [0.25, 0.3) is 6.71 Å². The van der Waals surface area contributed by atoms with Gasteiger partial charge in [-0.05, 0) is 89.2 Å². The van der Waals surface area contributed by atoms with Crippen LogP contribution in [0.1, 0.15) is 45.0 Å². The van der Waals surface area contributed by atoms with E-state index in [2.05, 4.69) is 113 Å². The van der Waals surface area contributed by atoms with Crippen molar-refractivity contribution in [1.82, 2.24) is 0 Å². The average molecular weight is 503 g/mol. The van der Waals surface area contributed by atoms with Crippen molar-refractivity contribution in [2.75, 3.05) is 9.80 Å². The average Bonchev–Trinajstić information content (AvgIpc) is 3.02. The van der Waals surface area contributed by atoms with Gasteiger partial charge in [-0.1, -0.05) is 92.1 Å². The van der Waals surface area contributed by atoms with E-state index in [4.69, 9.17) is 1.37 Å². The fraction of sp³-hybridized carbons (Fsp3) is 0.167. The molecule has 1 aliphatic carbocycles. The molecule has 0 bridgehead atoms. The Morgan fingerprint density at radius 3 is 1.74 bits per heavy atom. The Bertz CT molecular complexity index is 1730. The maximum Gasteiger partial charge on any atom is 0.252 e. The Hall–Kier alpha value is -4.24. The molecule has 5 aromatic carbocycles. The van der Waals surface area contributed by atoms with Crippen molar-refractivity contribution in [2.24, 2.45) is 0 Å². The predicted molar refractivity (Wildman–Crippen MR) is 166 cm³/mol. The number of benzene rings is 5. The summed E-state index contributed by atoms with van der Waals surface area (Å²) >= 11 is 0. The summed E-state index contributed by atoms with van der Waals surface area (Å²) in [6, 6.07) is 42.2. The van der Waals surface area contributed by atoms with Gasteiger partial charge in [0.1, 0.15) is 0 Å². The number of hydrogen-bond donors (Lipinski definition) is 0. The summed E-state index contributed by atoms with van der Waals surface area (Å²) < 4.78 is 8.94. The van der Waals surface area contributed by atoms with Gasteiger partial charge in [0.15, 0.2) is 0 Å².